The molecule has 0 amide bonds. The zero-order valence-corrected chi connectivity index (χ0v) is 8.92. The number of alkyl halides is 2. The molecule has 0 saturated carbocycles. The van der Waals surface area contributed by atoms with Crippen LogP contribution in [0.5, 0.6) is 0 Å². The van der Waals surface area contributed by atoms with E-state index in [4.69, 9.17) is 5.11 Å². The molecule has 0 unspecified atom stereocenters. The van der Waals surface area contributed by atoms with Crippen LogP contribution in [0.4, 0.5) is 8.78 Å². The van der Waals surface area contributed by atoms with Crippen LogP contribution in [-0.4, -0.2) is 11.1 Å². The fourth-order valence-corrected chi connectivity index (χ4v) is 0.886. The van der Waals surface area contributed by atoms with Gasteiger partial charge in [0.15, 0.2) is 0 Å². The number of aliphatic carboxylic acids is 1. The lowest BCUT2D eigenvalue weighted by atomic mass is 10.1. The Kier molecular flexibility index (Phi) is 4.91. The van der Waals surface area contributed by atoms with Crippen LogP contribution in [0.1, 0.15) is 25.0 Å². The Labute approximate surface area is 87.5 Å². The minimum absolute atomic E-state index is 0.495. The first-order valence-electron chi connectivity index (χ1n) is 4.63. The third-order valence-electron chi connectivity index (χ3n) is 1.68. The number of benzene rings is 1. The summed E-state index contributed by atoms with van der Waals surface area (Å²) >= 11 is 0. The van der Waals surface area contributed by atoms with Crippen molar-refractivity contribution in [1.82, 2.24) is 0 Å². The second-order valence-electron chi connectivity index (χ2n) is 2.75. The maximum absolute atomic E-state index is 12.8. The highest BCUT2D eigenvalue weighted by Gasteiger charge is 2.40. The number of carboxylic acids is 1. The van der Waals surface area contributed by atoms with E-state index in [1.807, 2.05) is 13.8 Å². The number of halogens is 2. The lowest BCUT2D eigenvalue weighted by molar-refractivity contribution is -0.166. The molecule has 0 aliphatic rings. The molecule has 15 heavy (non-hydrogen) atoms. The normalized spacial score (nSPS) is 10.2. The number of hydrogen-bond acceptors (Lipinski definition) is 1. The zero-order valence-electron chi connectivity index (χ0n) is 8.92. The van der Waals surface area contributed by atoms with Gasteiger partial charge in [0.05, 0.1) is 0 Å². The summed E-state index contributed by atoms with van der Waals surface area (Å²) in [6, 6.07) is 5.13. The molecule has 0 atom stereocenters. The van der Waals surface area contributed by atoms with Gasteiger partial charge in [0.25, 0.3) is 0 Å². The maximum Gasteiger partial charge on any atom is 0.379 e. The van der Waals surface area contributed by atoms with E-state index >= 15 is 0 Å². The van der Waals surface area contributed by atoms with Crippen LogP contribution >= 0.6 is 0 Å². The fourth-order valence-electron chi connectivity index (χ4n) is 0.886. The molecule has 0 aromatic heterocycles. The summed E-state index contributed by atoms with van der Waals surface area (Å²) in [5, 5.41) is 8.21. The lowest BCUT2D eigenvalue weighted by Gasteiger charge is -2.10. The molecule has 4 heteroatoms. The minimum Gasteiger partial charge on any atom is -0.477 e. The summed E-state index contributed by atoms with van der Waals surface area (Å²) in [6.07, 6.45) is 0. The van der Waals surface area contributed by atoms with Crippen molar-refractivity contribution in [3.8, 4) is 0 Å². The molecular formula is C11H14F2O2. The van der Waals surface area contributed by atoms with Gasteiger partial charge in [-0.25, -0.2) is 4.79 Å². The van der Waals surface area contributed by atoms with Gasteiger partial charge in [0, 0.05) is 5.56 Å². The predicted molar refractivity (Wildman–Crippen MR) is 54.1 cm³/mol. The van der Waals surface area contributed by atoms with E-state index in [1.165, 1.54) is 12.1 Å². The molecule has 1 aromatic carbocycles. The van der Waals surface area contributed by atoms with E-state index in [1.54, 1.807) is 6.92 Å². The highest BCUT2D eigenvalue weighted by atomic mass is 19.3. The highest BCUT2D eigenvalue weighted by Crippen LogP contribution is 2.27. The summed E-state index contributed by atoms with van der Waals surface area (Å²) in [5.41, 5.74) is 0.315. The van der Waals surface area contributed by atoms with Crippen molar-refractivity contribution in [3.63, 3.8) is 0 Å². The van der Waals surface area contributed by atoms with Crippen molar-refractivity contribution < 1.29 is 18.7 Å². The van der Waals surface area contributed by atoms with Crippen LogP contribution in [0.2, 0.25) is 0 Å². The average Bonchev–Trinajstić information content (AvgIpc) is 2.21. The topological polar surface area (TPSA) is 37.3 Å². The number of hydrogen-bond donors (Lipinski definition) is 1. The van der Waals surface area contributed by atoms with Crippen molar-refractivity contribution in [2.45, 2.75) is 26.7 Å². The Morgan fingerprint density at radius 2 is 1.60 bits per heavy atom. The Morgan fingerprint density at radius 3 is 1.93 bits per heavy atom. The summed E-state index contributed by atoms with van der Waals surface area (Å²) in [6.45, 7) is 5.74. The highest BCUT2D eigenvalue weighted by molar-refractivity contribution is 5.77. The van der Waals surface area contributed by atoms with Gasteiger partial charge in [-0.1, -0.05) is 43.7 Å². The van der Waals surface area contributed by atoms with Crippen molar-refractivity contribution in [1.29, 1.82) is 0 Å². The quantitative estimate of drug-likeness (QED) is 0.824. The van der Waals surface area contributed by atoms with Crippen LogP contribution in [0, 0.1) is 6.92 Å². The third-order valence-corrected chi connectivity index (χ3v) is 1.68. The van der Waals surface area contributed by atoms with Gasteiger partial charge in [-0.2, -0.15) is 8.78 Å². The molecule has 0 radical (unpaired) electrons. The van der Waals surface area contributed by atoms with Gasteiger partial charge in [-0.15, -0.1) is 0 Å². The smallest absolute Gasteiger partial charge is 0.379 e. The number of aryl methyl sites for hydroxylation is 1. The molecule has 0 fully saturated rings. The van der Waals surface area contributed by atoms with Crippen LogP contribution in [0.3, 0.4) is 0 Å². The Morgan fingerprint density at radius 1 is 1.20 bits per heavy atom. The SMILES string of the molecule is CC.Cc1ccc(C(F)(F)C(=O)O)cc1. The molecule has 0 bridgehead atoms. The first kappa shape index (κ1) is 13.5. The van der Waals surface area contributed by atoms with Gasteiger partial charge in [0.1, 0.15) is 0 Å². The van der Waals surface area contributed by atoms with E-state index in [0.29, 0.717) is 0 Å². The summed E-state index contributed by atoms with van der Waals surface area (Å²) < 4.78 is 25.6. The number of rotatable bonds is 2. The summed E-state index contributed by atoms with van der Waals surface area (Å²) in [4.78, 5) is 10.2. The van der Waals surface area contributed by atoms with Gasteiger partial charge in [-0.3, -0.25) is 0 Å². The van der Waals surface area contributed by atoms with Gasteiger partial charge >= 0.3 is 11.9 Å². The lowest BCUT2D eigenvalue weighted by Crippen LogP contribution is -2.25. The maximum atomic E-state index is 12.8. The Balaban J connectivity index is 0.000000921. The average molecular weight is 216 g/mol. The van der Waals surface area contributed by atoms with Crippen molar-refractivity contribution >= 4 is 5.97 Å². The molecule has 0 aliphatic carbocycles. The minimum atomic E-state index is -3.80. The molecule has 0 aliphatic heterocycles. The standard InChI is InChI=1S/C9H8F2O2.C2H6/c1-6-2-4-7(5-3-6)9(10,11)8(12)13;1-2/h2-5H,1H3,(H,12,13);1-2H3. The molecule has 0 heterocycles. The van der Waals surface area contributed by atoms with Crippen LogP contribution < -0.4 is 0 Å². The second-order valence-corrected chi connectivity index (χ2v) is 2.75. The van der Waals surface area contributed by atoms with E-state index in [9.17, 15) is 13.6 Å². The molecule has 1 aromatic rings. The van der Waals surface area contributed by atoms with Crippen molar-refractivity contribution in [3.05, 3.63) is 35.4 Å². The fraction of sp³-hybridized carbons (Fsp3) is 0.364. The number of carboxylic acid groups (broad SMARTS) is 1. The van der Waals surface area contributed by atoms with Crippen LogP contribution in [0.15, 0.2) is 24.3 Å². The van der Waals surface area contributed by atoms with E-state index in [0.717, 1.165) is 17.7 Å². The predicted octanol–water partition coefficient (Wildman–Crippen LogP) is 3.20. The van der Waals surface area contributed by atoms with Gasteiger partial charge < -0.3 is 5.11 Å². The molecule has 1 rings (SSSR count). The monoisotopic (exact) mass is 216 g/mol. The van der Waals surface area contributed by atoms with Crippen molar-refractivity contribution in [2.24, 2.45) is 0 Å². The first-order chi connectivity index (χ1) is 6.94. The molecular weight excluding hydrogens is 202 g/mol. The largest absolute Gasteiger partial charge is 0.477 e. The van der Waals surface area contributed by atoms with E-state index in [-0.39, 0.29) is 0 Å². The van der Waals surface area contributed by atoms with Gasteiger partial charge in [-0.05, 0) is 6.92 Å². The van der Waals surface area contributed by atoms with E-state index in [2.05, 4.69) is 0 Å². The Hall–Kier alpha value is -1.45. The van der Waals surface area contributed by atoms with E-state index < -0.39 is 17.5 Å². The third kappa shape index (κ3) is 3.31. The summed E-state index contributed by atoms with van der Waals surface area (Å²) in [7, 11) is 0. The first-order valence-corrected chi connectivity index (χ1v) is 4.63. The molecule has 0 saturated heterocycles. The summed E-state index contributed by atoms with van der Waals surface area (Å²) in [5.74, 6) is -5.93. The van der Waals surface area contributed by atoms with Crippen LogP contribution in [0.25, 0.3) is 0 Å². The molecule has 1 N–H and O–H groups in total. The van der Waals surface area contributed by atoms with Gasteiger partial charge in [0.2, 0.25) is 0 Å². The van der Waals surface area contributed by atoms with Crippen molar-refractivity contribution in [2.75, 3.05) is 0 Å². The Bertz CT molecular complexity index is 318. The molecule has 2 nitrogen and oxygen atoms in total. The number of carbonyl (C=O) groups is 1. The second kappa shape index (κ2) is 5.44. The zero-order chi connectivity index (χ0) is 12.1. The molecule has 84 valence electrons. The molecule has 0 spiro atoms. The van der Waals surface area contributed by atoms with Crippen LogP contribution in [-0.2, 0) is 10.7 Å².